The standard InChI is InChI=1S/C14H12N2O2/c1-9-15-7-5-12(16-9)13(17)11-4-2-3-10-6-8-18-14(10)11/h2-5,7H,6,8H2,1H3. The van der Waals surface area contributed by atoms with Gasteiger partial charge in [0.15, 0.2) is 0 Å². The first kappa shape index (κ1) is 10.9. The van der Waals surface area contributed by atoms with Crippen molar-refractivity contribution in [3.8, 4) is 5.75 Å². The van der Waals surface area contributed by atoms with Gasteiger partial charge in [-0.05, 0) is 24.6 Å². The van der Waals surface area contributed by atoms with Crippen LogP contribution >= 0.6 is 0 Å². The number of aromatic nitrogens is 2. The summed E-state index contributed by atoms with van der Waals surface area (Å²) < 4.78 is 5.54. The van der Waals surface area contributed by atoms with Gasteiger partial charge in [-0.2, -0.15) is 0 Å². The fourth-order valence-corrected chi connectivity index (χ4v) is 2.11. The number of ether oxygens (including phenoxy) is 1. The maximum absolute atomic E-state index is 12.4. The van der Waals surface area contributed by atoms with Gasteiger partial charge in [-0.3, -0.25) is 4.79 Å². The minimum absolute atomic E-state index is 0.112. The van der Waals surface area contributed by atoms with Gasteiger partial charge >= 0.3 is 0 Å². The number of hydrogen-bond acceptors (Lipinski definition) is 4. The Hall–Kier alpha value is -2.23. The monoisotopic (exact) mass is 240 g/mol. The molecule has 1 aromatic carbocycles. The zero-order valence-electron chi connectivity index (χ0n) is 10.0. The maximum atomic E-state index is 12.4. The molecule has 2 heterocycles. The Morgan fingerprint density at radius 2 is 2.22 bits per heavy atom. The summed E-state index contributed by atoms with van der Waals surface area (Å²) in [6.07, 6.45) is 2.46. The Balaban J connectivity index is 2.06. The van der Waals surface area contributed by atoms with Crippen molar-refractivity contribution < 1.29 is 9.53 Å². The summed E-state index contributed by atoms with van der Waals surface area (Å²) in [5.41, 5.74) is 2.08. The van der Waals surface area contributed by atoms with Crippen LogP contribution in [-0.4, -0.2) is 22.4 Å². The topological polar surface area (TPSA) is 52.1 Å². The zero-order valence-corrected chi connectivity index (χ0v) is 10.0. The molecule has 4 nitrogen and oxygen atoms in total. The number of carbonyl (C=O) groups excluding carboxylic acids is 1. The van der Waals surface area contributed by atoms with Gasteiger partial charge in [0, 0.05) is 12.6 Å². The first-order valence-corrected chi connectivity index (χ1v) is 5.85. The minimum atomic E-state index is -0.112. The second-order valence-electron chi connectivity index (χ2n) is 4.21. The Morgan fingerprint density at radius 3 is 3.06 bits per heavy atom. The molecule has 0 unspecified atom stereocenters. The van der Waals surface area contributed by atoms with Gasteiger partial charge in [-0.1, -0.05) is 12.1 Å². The van der Waals surface area contributed by atoms with Crippen molar-refractivity contribution in [2.75, 3.05) is 6.61 Å². The smallest absolute Gasteiger partial charge is 0.215 e. The molecule has 3 rings (SSSR count). The molecule has 90 valence electrons. The summed E-state index contributed by atoms with van der Waals surface area (Å²) in [5.74, 6) is 1.19. The molecule has 0 aliphatic carbocycles. The second-order valence-corrected chi connectivity index (χ2v) is 4.21. The summed E-state index contributed by atoms with van der Waals surface area (Å²) in [7, 11) is 0. The fraction of sp³-hybridized carbons (Fsp3) is 0.214. The number of ketones is 1. The third-order valence-electron chi connectivity index (χ3n) is 2.97. The summed E-state index contributed by atoms with van der Waals surface area (Å²) in [5, 5.41) is 0. The van der Waals surface area contributed by atoms with E-state index in [1.807, 2.05) is 12.1 Å². The van der Waals surface area contributed by atoms with E-state index >= 15 is 0 Å². The highest BCUT2D eigenvalue weighted by Crippen LogP contribution is 2.30. The van der Waals surface area contributed by atoms with E-state index in [9.17, 15) is 4.79 Å². The number of hydrogen-bond donors (Lipinski definition) is 0. The van der Waals surface area contributed by atoms with Crippen LogP contribution < -0.4 is 4.74 Å². The van der Waals surface area contributed by atoms with Crippen LogP contribution in [0.1, 0.15) is 27.4 Å². The van der Waals surface area contributed by atoms with Crippen LogP contribution in [0.3, 0.4) is 0 Å². The highest BCUT2D eigenvalue weighted by molar-refractivity contribution is 6.09. The molecule has 0 spiro atoms. The molecular weight excluding hydrogens is 228 g/mol. The number of benzene rings is 1. The fourth-order valence-electron chi connectivity index (χ4n) is 2.11. The van der Waals surface area contributed by atoms with Crippen molar-refractivity contribution >= 4 is 5.78 Å². The lowest BCUT2D eigenvalue weighted by atomic mass is 10.0. The molecule has 0 N–H and O–H groups in total. The van der Waals surface area contributed by atoms with Crippen LogP contribution in [-0.2, 0) is 6.42 Å². The first-order chi connectivity index (χ1) is 8.75. The van der Waals surface area contributed by atoms with Gasteiger partial charge in [0.2, 0.25) is 5.78 Å². The lowest BCUT2D eigenvalue weighted by Gasteiger charge is -2.06. The average Bonchev–Trinajstić information content (AvgIpc) is 2.86. The molecular formula is C14H12N2O2. The Bertz CT molecular complexity index is 623. The van der Waals surface area contributed by atoms with Crippen molar-refractivity contribution in [3.05, 3.63) is 53.1 Å². The maximum Gasteiger partial charge on any atom is 0.215 e. The lowest BCUT2D eigenvalue weighted by Crippen LogP contribution is -2.07. The number of carbonyl (C=O) groups is 1. The van der Waals surface area contributed by atoms with Crippen LogP contribution in [0.5, 0.6) is 5.75 Å². The molecule has 0 atom stereocenters. The van der Waals surface area contributed by atoms with E-state index in [-0.39, 0.29) is 5.78 Å². The van der Waals surface area contributed by atoms with Gasteiger partial charge < -0.3 is 4.74 Å². The van der Waals surface area contributed by atoms with E-state index in [2.05, 4.69) is 9.97 Å². The molecule has 0 amide bonds. The summed E-state index contributed by atoms with van der Waals surface area (Å²) in [6, 6.07) is 7.28. The number of aryl methyl sites for hydroxylation is 1. The highest BCUT2D eigenvalue weighted by atomic mass is 16.5. The van der Waals surface area contributed by atoms with E-state index in [4.69, 9.17) is 4.74 Å². The first-order valence-electron chi connectivity index (χ1n) is 5.85. The minimum Gasteiger partial charge on any atom is -0.492 e. The van der Waals surface area contributed by atoms with Gasteiger partial charge in [0.05, 0.1) is 12.2 Å². The quantitative estimate of drug-likeness (QED) is 0.753. The Kier molecular flexibility index (Phi) is 2.55. The van der Waals surface area contributed by atoms with E-state index in [1.165, 1.54) is 0 Å². The van der Waals surface area contributed by atoms with Crippen molar-refractivity contribution in [2.45, 2.75) is 13.3 Å². The second kappa shape index (κ2) is 4.22. The molecule has 0 fully saturated rings. The van der Waals surface area contributed by atoms with Crippen molar-refractivity contribution in [1.29, 1.82) is 0 Å². The van der Waals surface area contributed by atoms with Gasteiger partial charge in [0.1, 0.15) is 17.3 Å². The van der Waals surface area contributed by atoms with Gasteiger partial charge in [-0.25, -0.2) is 9.97 Å². The van der Waals surface area contributed by atoms with E-state index in [1.54, 1.807) is 25.3 Å². The van der Waals surface area contributed by atoms with Crippen LogP contribution in [0.25, 0.3) is 0 Å². The molecule has 0 saturated heterocycles. The molecule has 4 heteroatoms. The Labute approximate surface area is 105 Å². The molecule has 1 aliphatic heterocycles. The summed E-state index contributed by atoms with van der Waals surface area (Å²) >= 11 is 0. The zero-order chi connectivity index (χ0) is 12.5. The largest absolute Gasteiger partial charge is 0.492 e. The van der Waals surface area contributed by atoms with Gasteiger partial charge in [-0.15, -0.1) is 0 Å². The van der Waals surface area contributed by atoms with Crippen LogP contribution in [0.4, 0.5) is 0 Å². The molecule has 0 saturated carbocycles. The van der Waals surface area contributed by atoms with Crippen LogP contribution in [0.15, 0.2) is 30.5 Å². The number of nitrogens with zero attached hydrogens (tertiary/aromatic N) is 2. The van der Waals surface area contributed by atoms with Crippen molar-refractivity contribution in [2.24, 2.45) is 0 Å². The van der Waals surface area contributed by atoms with Gasteiger partial charge in [0.25, 0.3) is 0 Å². The average molecular weight is 240 g/mol. The predicted octanol–water partition coefficient (Wildman–Crippen LogP) is 1.95. The van der Waals surface area contributed by atoms with Crippen molar-refractivity contribution in [3.63, 3.8) is 0 Å². The highest BCUT2D eigenvalue weighted by Gasteiger charge is 2.22. The molecule has 18 heavy (non-hydrogen) atoms. The molecule has 1 aliphatic rings. The van der Waals surface area contributed by atoms with Crippen LogP contribution in [0.2, 0.25) is 0 Å². The number of fused-ring (bicyclic) bond motifs is 1. The van der Waals surface area contributed by atoms with E-state index in [0.717, 1.165) is 12.0 Å². The number of rotatable bonds is 2. The number of para-hydroxylation sites is 1. The summed E-state index contributed by atoms with van der Waals surface area (Å²) in [6.45, 7) is 2.41. The lowest BCUT2D eigenvalue weighted by molar-refractivity contribution is 0.103. The molecule has 1 aromatic heterocycles. The third kappa shape index (κ3) is 1.76. The molecule has 2 aromatic rings. The molecule has 0 bridgehead atoms. The van der Waals surface area contributed by atoms with Crippen molar-refractivity contribution in [1.82, 2.24) is 9.97 Å². The molecule has 0 radical (unpaired) electrons. The third-order valence-corrected chi connectivity index (χ3v) is 2.97. The normalized spacial score (nSPS) is 12.9. The van der Waals surface area contributed by atoms with E-state index in [0.29, 0.717) is 29.4 Å². The predicted molar refractivity (Wildman–Crippen MR) is 65.8 cm³/mol. The summed E-state index contributed by atoms with van der Waals surface area (Å²) in [4.78, 5) is 20.5. The van der Waals surface area contributed by atoms with Crippen LogP contribution in [0, 0.1) is 6.92 Å². The Morgan fingerprint density at radius 1 is 1.33 bits per heavy atom. The SMILES string of the molecule is Cc1nccc(C(=O)c2cccc3c2OCC3)n1. The van der Waals surface area contributed by atoms with E-state index < -0.39 is 0 Å².